The van der Waals surface area contributed by atoms with Crippen molar-refractivity contribution in [2.24, 2.45) is 0 Å². The third kappa shape index (κ3) is 3.14. The number of aromatic amines is 1. The summed E-state index contributed by atoms with van der Waals surface area (Å²) >= 11 is 0. The zero-order valence-corrected chi connectivity index (χ0v) is 10.1. The van der Waals surface area contributed by atoms with Gasteiger partial charge >= 0.3 is 6.18 Å². The number of tetrazole rings is 1. The molecule has 21 heavy (non-hydrogen) atoms. The third-order valence-corrected chi connectivity index (χ3v) is 2.38. The van der Waals surface area contributed by atoms with Gasteiger partial charge in [0.05, 0.1) is 11.3 Å². The van der Waals surface area contributed by atoms with Gasteiger partial charge in [-0.1, -0.05) is 6.07 Å². The summed E-state index contributed by atoms with van der Waals surface area (Å²) in [4.78, 5) is 0. The average molecular weight is 298 g/mol. The van der Waals surface area contributed by atoms with Gasteiger partial charge in [0, 0.05) is 6.20 Å². The van der Waals surface area contributed by atoms with Crippen LogP contribution in [0.3, 0.4) is 0 Å². The van der Waals surface area contributed by atoms with Gasteiger partial charge in [0.1, 0.15) is 11.6 Å². The van der Waals surface area contributed by atoms with E-state index in [-0.39, 0.29) is 11.4 Å². The number of nitriles is 1. The average Bonchev–Trinajstić information content (AvgIpc) is 2.94. The van der Waals surface area contributed by atoms with Crippen molar-refractivity contribution in [2.45, 2.75) is 6.18 Å². The molecule has 0 spiro atoms. The third-order valence-electron chi connectivity index (χ3n) is 2.38. The summed E-state index contributed by atoms with van der Waals surface area (Å²) < 4.78 is 51.4. The molecule has 0 atom stereocenters. The van der Waals surface area contributed by atoms with Gasteiger partial charge in [-0.25, -0.2) is 4.39 Å². The van der Waals surface area contributed by atoms with Crippen molar-refractivity contribution in [1.29, 1.82) is 5.26 Å². The molecule has 108 valence electrons. The molecule has 0 aliphatic rings. The van der Waals surface area contributed by atoms with E-state index >= 15 is 0 Å². The quantitative estimate of drug-likeness (QED) is 0.670. The first-order chi connectivity index (χ1) is 9.93. The number of nitrogens with one attached hydrogen (secondary N) is 2. The van der Waals surface area contributed by atoms with Crippen molar-refractivity contribution in [1.82, 2.24) is 20.6 Å². The zero-order valence-electron chi connectivity index (χ0n) is 10.1. The van der Waals surface area contributed by atoms with E-state index in [1.165, 1.54) is 0 Å². The van der Waals surface area contributed by atoms with E-state index in [2.05, 4.69) is 25.9 Å². The normalized spacial score (nSPS) is 12.0. The number of nitrogens with zero attached hydrogens (tertiary/aromatic N) is 4. The van der Waals surface area contributed by atoms with Crippen LogP contribution in [0.25, 0.3) is 5.57 Å². The van der Waals surface area contributed by atoms with Crippen LogP contribution in [0.2, 0.25) is 0 Å². The fourth-order valence-corrected chi connectivity index (χ4v) is 1.44. The van der Waals surface area contributed by atoms with Gasteiger partial charge in [-0.15, -0.1) is 10.2 Å². The fraction of sp³-hybridized carbons (Fsp3) is 0.0909. The van der Waals surface area contributed by atoms with E-state index < -0.39 is 23.2 Å². The van der Waals surface area contributed by atoms with Crippen molar-refractivity contribution >= 4 is 11.3 Å². The molecule has 0 aliphatic carbocycles. The molecule has 6 nitrogen and oxygen atoms in total. The lowest BCUT2D eigenvalue weighted by atomic mass is 10.1. The minimum absolute atomic E-state index is 0.0719. The Kier molecular flexibility index (Phi) is 3.84. The van der Waals surface area contributed by atoms with E-state index in [1.54, 1.807) is 6.07 Å². The summed E-state index contributed by atoms with van der Waals surface area (Å²) in [6.45, 7) is 0. The number of anilines is 1. The molecule has 10 heteroatoms. The van der Waals surface area contributed by atoms with Crippen LogP contribution in [0.15, 0.2) is 24.4 Å². The number of halogens is 4. The molecule has 1 aromatic heterocycles. The van der Waals surface area contributed by atoms with Crippen LogP contribution < -0.4 is 5.32 Å². The highest BCUT2D eigenvalue weighted by molar-refractivity contribution is 5.74. The maximum atomic E-state index is 13.7. The van der Waals surface area contributed by atoms with E-state index in [4.69, 9.17) is 5.26 Å². The van der Waals surface area contributed by atoms with Crippen LogP contribution in [-0.4, -0.2) is 20.6 Å². The molecule has 0 amide bonds. The lowest BCUT2D eigenvalue weighted by molar-refractivity contribution is -0.139. The Morgan fingerprint density at radius 3 is 2.71 bits per heavy atom. The van der Waals surface area contributed by atoms with Crippen molar-refractivity contribution in [3.63, 3.8) is 0 Å². The molecule has 0 fully saturated rings. The molecule has 1 heterocycles. The van der Waals surface area contributed by atoms with Gasteiger partial charge in [-0.2, -0.15) is 23.6 Å². The Balaban J connectivity index is 2.31. The van der Waals surface area contributed by atoms with Crippen molar-refractivity contribution in [3.05, 3.63) is 41.6 Å². The maximum absolute atomic E-state index is 13.7. The van der Waals surface area contributed by atoms with Gasteiger partial charge in [0.15, 0.2) is 5.82 Å². The Hall–Kier alpha value is -2.96. The van der Waals surface area contributed by atoms with Gasteiger partial charge in [0.2, 0.25) is 5.82 Å². The van der Waals surface area contributed by atoms with Crippen LogP contribution in [0, 0.1) is 17.1 Å². The summed E-state index contributed by atoms with van der Waals surface area (Å²) in [6.07, 6.45) is -3.82. The number of allylic oxidation sites excluding steroid dienone is 1. The highest BCUT2D eigenvalue weighted by Gasteiger charge is 2.34. The molecule has 0 saturated heterocycles. The topological polar surface area (TPSA) is 90.3 Å². The summed E-state index contributed by atoms with van der Waals surface area (Å²) in [5.74, 6) is -1.54. The molecule has 0 radical (unpaired) electrons. The van der Waals surface area contributed by atoms with Crippen LogP contribution in [0.5, 0.6) is 0 Å². The summed E-state index contributed by atoms with van der Waals surface area (Å²) in [6, 6.07) is 4.48. The molecule has 2 rings (SSSR count). The highest BCUT2D eigenvalue weighted by atomic mass is 19.4. The molecule has 2 aromatic rings. The molecule has 0 unspecified atom stereocenters. The fourth-order valence-electron chi connectivity index (χ4n) is 1.44. The molecule has 0 saturated carbocycles. The number of hydrogen-bond donors (Lipinski definition) is 2. The number of alkyl halides is 3. The predicted octanol–water partition coefficient (Wildman–Crippen LogP) is 2.33. The first-order valence-corrected chi connectivity index (χ1v) is 5.40. The standard InChI is InChI=1S/C11H6F4N6/c12-9-7(11(13,14)15)2-1-3-8(9)17-5-6(4-16)10-18-20-21-19-10/h1-3,5,17H,(H,18,19,20,21). The second kappa shape index (κ2) is 5.58. The SMILES string of the molecule is N#CC(=CNc1cccc(C(F)(F)F)c1F)c1nn[nH]n1. The molecule has 0 aliphatic heterocycles. The molecule has 0 bridgehead atoms. The second-order valence-corrected chi connectivity index (χ2v) is 3.71. The summed E-state index contributed by atoms with van der Waals surface area (Å²) in [5, 5.41) is 23.6. The van der Waals surface area contributed by atoms with Crippen LogP contribution in [0.4, 0.5) is 23.2 Å². The van der Waals surface area contributed by atoms with Gasteiger partial charge in [0.25, 0.3) is 0 Å². The Labute approximate surface area is 115 Å². The molecule has 2 N–H and O–H groups in total. The number of benzene rings is 1. The van der Waals surface area contributed by atoms with Crippen LogP contribution in [-0.2, 0) is 6.18 Å². The number of H-pyrrole nitrogens is 1. The number of rotatable bonds is 3. The lowest BCUT2D eigenvalue weighted by Gasteiger charge is -2.10. The van der Waals surface area contributed by atoms with Crippen molar-refractivity contribution in [3.8, 4) is 6.07 Å². The minimum Gasteiger partial charge on any atom is -0.358 e. The Bertz CT molecular complexity index is 698. The van der Waals surface area contributed by atoms with Crippen molar-refractivity contribution in [2.75, 3.05) is 5.32 Å². The highest BCUT2D eigenvalue weighted by Crippen LogP contribution is 2.33. The lowest BCUT2D eigenvalue weighted by Crippen LogP contribution is -2.09. The maximum Gasteiger partial charge on any atom is 0.419 e. The molecular weight excluding hydrogens is 292 g/mol. The van der Waals surface area contributed by atoms with Crippen LogP contribution >= 0.6 is 0 Å². The number of aromatic nitrogens is 4. The minimum atomic E-state index is -4.81. The Morgan fingerprint density at radius 2 is 2.14 bits per heavy atom. The van der Waals surface area contributed by atoms with Gasteiger partial charge in [-0.05, 0) is 17.3 Å². The first-order valence-electron chi connectivity index (χ1n) is 5.40. The van der Waals surface area contributed by atoms with E-state index in [1.807, 2.05) is 0 Å². The smallest absolute Gasteiger partial charge is 0.358 e. The Morgan fingerprint density at radius 1 is 1.38 bits per heavy atom. The monoisotopic (exact) mass is 298 g/mol. The van der Waals surface area contributed by atoms with E-state index in [9.17, 15) is 17.6 Å². The molecule has 1 aromatic carbocycles. The second-order valence-electron chi connectivity index (χ2n) is 3.71. The summed E-state index contributed by atoms with van der Waals surface area (Å²) in [5.41, 5.74) is -1.96. The largest absolute Gasteiger partial charge is 0.419 e. The first kappa shape index (κ1) is 14.4. The van der Waals surface area contributed by atoms with Gasteiger partial charge in [-0.3, -0.25) is 0 Å². The molecular formula is C11H6F4N6. The zero-order chi connectivity index (χ0) is 15.5. The van der Waals surface area contributed by atoms with Gasteiger partial charge < -0.3 is 5.32 Å². The summed E-state index contributed by atoms with van der Waals surface area (Å²) in [7, 11) is 0. The van der Waals surface area contributed by atoms with Crippen LogP contribution in [0.1, 0.15) is 11.4 Å². The van der Waals surface area contributed by atoms with E-state index in [0.717, 1.165) is 18.3 Å². The van der Waals surface area contributed by atoms with E-state index in [0.29, 0.717) is 6.07 Å². The predicted molar refractivity (Wildman–Crippen MR) is 62.8 cm³/mol. The van der Waals surface area contributed by atoms with Crippen molar-refractivity contribution < 1.29 is 17.6 Å². The number of hydrogen-bond acceptors (Lipinski definition) is 5.